The van der Waals surface area contributed by atoms with Crippen molar-refractivity contribution in [2.24, 2.45) is 0 Å². The van der Waals surface area contributed by atoms with E-state index in [1.807, 2.05) is 180 Å². The number of ether oxygens (including phenoxy) is 1. The Morgan fingerprint density at radius 2 is 0.896 bits per heavy atom. The average molecular weight is 1410 g/mol. The molecular weight excluding hydrogens is 1340 g/mol. The smallest absolute Gasteiger partial charge is 0.481 e. The predicted molar refractivity (Wildman–Crippen MR) is 376 cm³/mol. The number of pyridine rings is 3. The Hall–Kier alpha value is -11.0. The van der Waals surface area contributed by atoms with Gasteiger partial charge in [-0.3, -0.25) is 24.6 Å². The van der Waals surface area contributed by atoms with Crippen LogP contribution in [0, 0.1) is 0 Å². The molecule has 0 amide bonds. The summed E-state index contributed by atoms with van der Waals surface area (Å²) in [6, 6.07) is 56.8. The molecule has 0 fully saturated rings. The lowest BCUT2D eigenvalue weighted by molar-refractivity contribution is -0.136. The van der Waals surface area contributed by atoms with Crippen LogP contribution >= 0.6 is 31.9 Å². The number of aliphatic carboxylic acids is 1. The van der Waals surface area contributed by atoms with Crippen molar-refractivity contribution in [3.05, 3.63) is 288 Å². The molecule has 5 N–H and O–H groups in total. The van der Waals surface area contributed by atoms with Gasteiger partial charge in [-0.15, -0.1) is 0 Å². The number of hydrogen-bond acceptors (Lipinski definition) is 13. The van der Waals surface area contributed by atoms with Crippen LogP contribution in [0.1, 0.15) is 49.0 Å². The first-order chi connectivity index (χ1) is 46.4. The van der Waals surface area contributed by atoms with Crippen LogP contribution in [0.5, 0.6) is 0 Å². The topological polar surface area (TPSA) is 265 Å². The molecule has 23 heteroatoms. The number of ketones is 2. The van der Waals surface area contributed by atoms with Crippen molar-refractivity contribution in [1.29, 1.82) is 0 Å². The van der Waals surface area contributed by atoms with Crippen molar-refractivity contribution in [2.45, 2.75) is 58.5 Å². The van der Waals surface area contributed by atoms with Gasteiger partial charge in [0.2, 0.25) is 0 Å². The number of nitrogens with zero attached hydrogens (tertiary/aromatic N) is 10. The van der Waals surface area contributed by atoms with E-state index in [9.17, 15) is 29.2 Å². The molecule has 0 radical (unpaired) electrons. The average Bonchev–Trinajstić information content (AvgIpc) is 1.54. The number of fused-ring (bicyclic) bond motifs is 3. The van der Waals surface area contributed by atoms with Gasteiger partial charge >= 0.3 is 19.2 Å². The Bertz CT molecular complexity index is 4840. The van der Waals surface area contributed by atoms with E-state index in [-0.39, 0.29) is 30.8 Å². The number of aromatic amines is 2. The molecule has 0 saturated heterocycles. The minimum Gasteiger partial charge on any atom is -0.481 e. The Kier molecular flexibility index (Phi) is 22.8. The third-order valence-electron chi connectivity index (χ3n) is 14.8. The number of hydrogen-bond donors (Lipinski definition) is 5. The summed E-state index contributed by atoms with van der Waals surface area (Å²) in [6.45, 7) is 5.43. The number of carboxylic acid groups (broad SMARTS) is 1. The number of carbonyl (C=O) groups excluding carboxylic acids is 3. The first-order valence-electron chi connectivity index (χ1n) is 30.3. The number of H-pyrrole nitrogens is 2. The van der Waals surface area contributed by atoms with Gasteiger partial charge in [-0.2, -0.15) is 20.0 Å². The van der Waals surface area contributed by atoms with Gasteiger partial charge in [0, 0.05) is 77.4 Å². The Labute approximate surface area is 569 Å². The fourth-order valence-electron chi connectivity index (χ4n) is 10.4. The van der Waals surface area contributed by atoms with E-state index in [0.717, 1.165) is 103 Å². The summed E-state index contributed by atoms with van der Waals surface area (Å²) in [7, 11) is -1.50. The third kappa shape index (κ3) is 18.4. The standard InChI is InChI=1S/C25H20N4O.C22H19BN2O3.C15H12N2O2.C8H11BrN2O2.C3H3BrN2/c30-23(12-18-6-8-19(9-7-18)21-14-27-28-15-21)13-25-24(20-4-2-1-3-5-20)11-10-22-16-26-17-29(22)25;26-20(12-16-6-8-18(9-7-16)23(27)28)13-22-21(17-4-2-1-3-5-17)11-10-19-14-24-15-25(19)22;18-15(19)8-14-13(11-4-2-1-3-5-11)7-6-12-9-16-10-17(12)14;1-8(2,3)13-7(12)11-5-6(9)4-10-11;4-3-1-5-6-2-3/h1-11,14-17H,12-13H2,(H,27,28);1-11,14-15,27-28H,12-13H2;1-7,9-10H,8H2,(H,18,19);4-5H,1-3H3;1-2H,(H,5,6). The summed E-state index contributed by atoms with van der Waals surface area (Å²) in [4.78, 5) is 60.8. The highest BCUT2D eigenvalue weighted by atomic mass is 79.9. The molecule has 0 atom stereocenters. The van der Waals surface area contributed by atoms with E-state index in [2.05, 4.69) is 90.5 Å². The third-order valence-corrected chi connectivity index (χ3v) is 15.7. The lowest BCUT2D eigenvalue weighted by Crippen LogP contribution is -2.29. The molecule has 0 aliphatic heterocycles. The van der Waals surface area contributed by atoms with Crippen molar-refractivity contribution in [3.63, 3.8) is 0 Å². The highest BCUT2D eigenvalue weighted by Crippen LogP contribution is 2.30. The number of nitrogens with one attached hydrogen (secondary N) is 2. The molecule has 482 valence electrons. The number of Topliss-reactive ketones (excluding diaryl/α,β-unsaturated/α-hetero) is 2. The molecular formula is C73H65BBr2N12O8. The highest BCUT2D eigenvalue weighted by Gasteiger charge is 2.20. The molecule has 0 saturated carbocycles. The predicted octanol–water partition coefficient (Wildman–Crippen LogP) is 13.0. The summed E-state index contributed by atoms with van der Waals surface area (Å²) in [5.74, 6) is -0.599. The normalized spacial score (nSPS) is 10.9. The molecule has 0 aliphatic rings. The number of carboxylic acids is 1. The van der Waals surface area contributed by atoms with Gasteiger partial charge in [-0.05, 0) is 110 Å². The summed E-state index contributed by atoms with van der Waals surface area (Å²) in [6.07, 6.45) is 21.5. The lowest BCUT2D eigenvalue weighted by atomic mass is 9.80. The minimum absolute atomic E-state index is 0.0298. The van der Waals surface area contributed by atoms with Gasteiger partial charge in [0.15, 0.2) is 0 Å². The first-order valence-corrected chi connectivity index (χ1v) is 31.9. The van der Waals surface area contributed by atoms with Gasteiger partial charge in [0.1, 0.15) is 17.2 Å². The number of imidazole rings is 3. The minimum atomic E-state index is -1.50. The number of rotatable bonds is 15. The molecule has 0 aliphatic carbocycles. The number of aromatic nitrogens is 12. The van der Waals surface area contributed by atoms with Crippen LogP contribution in [0.3, 0.4) is 0 Å². The van der Waals surface area contributed by atoms with Crippen molar-refractivity contribution < 1.29 is 39.1 Å². The number of carbonyl (C=O) groups is 4. The van der Waals surface area contributed by atoms with Gasteiger partial charge in [0.05, 0.1) is 94.3 Å². The first kappa shape index (κ1) is 67.9. The maximum absolute atomic E-state index is 13.0. The molecule has 5 aromatic carbocycles. The second-order valence-electron chi connectivity index (χ2n) is 22.9. The Balaban J connectivity index is 0.000000140. The van der Waals surface area contributed by atoms with E-state index in [0.29, 0.717) is 18.3 Å². The van der Waals surface area contributed by atoms with Crippen LogP contribution < -0.4 is 5.46 Å². The zero-order chi connectivity index (χ0) is 67.6. The molecule has 14 aromatic rings. The van der Waals surface area contributed by atoms with Crippen molar-refractivity contribution in [2.75, 3.05) is 0 Å². The quantitative estimate of drug-likeness (QED) is 0.0598. The number of halogens is 2. The zero-order valence-corrected chi connectivity index (χ0v) is 55.6. The maximum Gasteiger partial charge on any atom is 0.488 e. The lowest BCUT2D eigenvalue weighted by Gasteiger charge is -2.18. The summed E-state index contributed by atoms with van der Waals surface area (Å²) in [5.41, 5.74) is 15.5. The molecule has 0 bridgehead atoms. The summed E-state index contributed by atoms with van der Waals surface area (Å²) >= 11 is 6.38. The van der Waals surface area contributed by atoms with Gasteiger partial charge in [-0.1, -0.05) is 158 Å². The molecule has 9 aromatic heterocycles. The van der Waals surface area contributed by atoms with Gasteiger partial charge < -0.3 is 33.1 Å². The fourth-order valence-corrected chi connectivity index (χ4v) is 10.9. The van der Waals surface area contributed by atoms with E-state index in [4.69, 9.17) is 9.84 Å². The Morgan fingerprint density at radius 3 is 1.25 bits per heavy atom. The van der Waals surface area contributed by atoms with Crippen LogP contribution in [0.25, 0.3) is 61.1 Å². The van der Waals surface area contributed by atoms with Crippen molar-refractivity contribution in [1.82, 2.24) is 58.3 Å². The van der Waals surface area contributed by atoms with Crippen LogP contribution in [0.15, 0.2) is 260 Å². The van der Waals surface area contributed by atoms with E-state index in [1.54, 1.807) is 80.4 Å². The van der Waals surface area contributed by atoms with E-state index < -0.39 is 24.8 Å². The maximum atomic E-state index is 13.0. The molecule has 20 nitrogen and oxygen atoms in total. The largest absolute Gasteiger partial charge is 0.488 e. The number of benzene rings is 5. The van der Waals surface area contributed by atoms with Crippen LogP contribution in [-0.2, 0) is 51.2 Å². The molecule has 9 heterocycles. The van der Waals surface area contributed by atoms with Crippen molar-refractivity contribution in [3.8, 4) is 44.5 Å². The summed E-state index contributed by atoms with van der Waals surface area (Å²) < 4.78 is 13.8. The van der Waals surface area contributed by atoms with E-state index in [1.165, 1.54) is 6.20 Å². The van der Waals surface area contributed by atoms with E-state index >= 15 is 0 Å². The summed E-state index contributed by atoms with van der Waals surface area (Å²) in [5, 5.41) is 44.4. The van der Waals surface area contributed by atoms with Crippen LogP contribution in [-0.4, -0.2) is 110 Å². The van der Waals surface area contributed by atoms with Gasteiger partial charge in [0.25, 0.3) is 0 Å². The molecule has 96 heavy (non-hydrogen) atoms. The molecule has 14 rings (SSSR count). The zero-order valence-electron chi connectivity index (χ0n) is 52.4. The second kappa shape index (κ2) is 32.2. The van der Waals surface area contributed by atoms with Gasteiger partial charge in [-0.25, -0.2) is 19.7 Å². The van der Waals surface area contributed by atoms with Crippen LogP contribution in [0.2, 0.25) is 0 Å². The fraction of sp³-hybridized carbons (Fsp3) is 0.123. The molecule has 0 spiro atoms. The second-order valence-corrected chi connectivity index (χ2v) is 24.7. The van der Waals surface area contributed by atoms with Crippen molar-refractivity contribution >= 4 is 84.6 Å². The SMILES string of the molecule is Brc1cn[nH]c1.CC(C)(C)OC(=O)n1cc(Br)cn1.O=C(Cc1ccc(-c2cn[nH]c2)cc1)Cc1c(-c2ccccc2)ccc2cncn12.O=C(Cc1ccc(B(O)O)cc1)Cc1c(-c2ccccc2)ccc2cncn12.O=C(O)Cc1c(-c2ccccc2)ccc2cncn12. The highest BCUT2D eigenvalue weighted by molar-refractivity contribution is 9.10. The monoisotopic (exact) mass is 1410 g/mol. The van der Waals surface area contributed by atoms with Crippen LogP contribution in [0.4, 0.5) is 4.79 Å². The molecule has 0 unspecified atom stereocenters. The Morgan fingerprint density at radius 1 is 0.469 bits per heavy atom.